The predicted molar refractivity (Wildman–Crippen MR) is 107 cm³/mol. The fraction of sp³-hybridized carbons (Fsp3) is 0.278. The maximum absolute atomic E-state index is 11.9. The number of carbonyl (C=O) groups is 1. The van der Waals surface area contributed by atoms with Crippen LogP contribution in [-0.4, -0.2) is 33.0 Å². The molecule has 0 atom stereocenters. The number of nitrogens with one attached hydrogen (secondary N) is 3. The van der Waals surface area contributed by atoms with Crippen molar-refractivity contribution in [1.82, 2.24) is 10.6 Å². The van der Waals surface area contributed by atoms with Crippen molar-refractivity contribution in [2.45, 2.75) is 17.9 Å². The highest BCUT2D eigenvalue weighted by Crippen LogP contribution is 2.17. The number of urea groups is 1. The monoisotopic (exact) mass is 393 g/mol. The van der Waals surface area contributed by atoms with Crippen LogP contribution in [0.3, 0.4) is 0 Å². The maximum Gasteiger partial charge on any atom is 0.315 e. The molecule has 0 unspecified atom stereocenters. The van der Waals surface area contributed by atoms with Crippen molar-refractivity contribution in [3.05, 3.63) is 60.2 Å². The first-order valence-corrected chi connectivity index (χ1v) is 11.1. The van der Waals surface area contributed by atoms with E-state index in [2.05, 4.69) is 27.5 Å². The molecule has 26 heavy (non-hydrogen) atoms. The topological polar surface area (TPSA) is 87.3 Å². The third kappa shape index (κ3) is 7.79. The van der Waals surface area contributed by atoms with E-state index in [4.69, 9.17) is 0 Å². The van der Waals surface area contributed by atoms with Crippen LogP contribution in [0.1, 0.15) is 12.0 Å². The maximum atomic E-state index is 11.9. The number of anilines is 1. The van der Waals surface area contributed by atoms with Crippen LogP contribution in [0.2, 0.25) is 0 Å². The van der Waals surface area contributed by atoms with Gasteiger partial charge >= 0.3 is 6.03 Å². The minimum atomic E-state index is -3.36. The first kappa shape index (κ1) is 20.1. The van der Waals surface area contributed by atoms with Crippen molar-refractivity contribution in [2.24, 2.45) is 0 Å². The van der Waals surface area contributed by atoms with Crippen LogP contribution in [0.15, 0.2) is 59.5 Å². The summed E-state index contributed by atoms with van der Waals surface area (Å²) in [6.45, 7) is 0.818. The SMILES string of the molecule is CS(=O)(=O)Nc1ccccc1CNC(=O)NCCCSc1ccccc1. The highest BCUT2D eigenvalue weighted by atomic mass is 32.2. The molecule has 0 saturated heterocycles. The molecule has 0 heterocycles. The van der Waals surface area contributed by atoms with E-state index in [-0.39, 0.29) is 12.6 Å². The third-order valence-electron chi connectivity index (χ3n) is 3.37. The second-order valence-corrected chi connectivity index (χ2v) is 8.57. The van der Waals surface area contributed by atoms with E-state index < -0.39 is 10.0 Å². The van der Waals surface area contributed by atoms with Gasteiger partial charge in [0.2, 0.25) is 10.0 Å². The minimum Gasteiger partial charge on any atom is -0.338 e. The van der Waals surface area contributed by atoms with Gasteiger partial charge in [-0.2, -0.15) is 0 Å². The van der Waals surface area contributed by atoms with Crippen molar-refractivity contribution in [2.75, 3.05) is 23.3 Å². The Kier molecular flexibility index (Phi) is 7.80. The van der Waals surface area contributed by atoms with Gasteiger partial charge in [0.25, 0.3) is 0 Å². The summed E-state index contributed by atoms with van der Waals surface area (Å²) < 4.78 is 25.2. The second-order valence-electron chi connectivity index (χ2n) is 5.66. The largest absolute Gasteiger partial charge is 0.338 e. The quantitative estimate of drug-likeness (QED) is 0.451. The van der Waals surface area contributed by atoms with E-state index >= 15 is 0 Å². The molecule has 2 aromatic rings. The van der Waals surface area contributed by atoms with Gasteiger partial charge in [-0.3, -0.25) is 4.72 Å². The lowest BCUT2D eigenvalue weighted by atomic mass is 10.2. The predicted octanol–water partition coefficient (Wildman–Crippen LogP) is 3.04. The summed E-state index contributed by atoms with van der Waals surface area (Å²) in [6.07, 6.45) is 1.95. The number of benzene rings is 2. The normalized spacial score (nSPS) is 11.0. The van der Waals surface area contributed by atoms with E-state index in [1.807, 2.05) is 18.2 Å². The van der Waals surface area contributed by atoms with E-state index in [1.165, 1.54) is 4.90 Å². The summed E-state index contributed by atoms with van der Waals surface area (Å²) in [6, 6.07) is 16.8. The molecular weight excluding hydrogens is 370 g/mol. The zero-order chi connectivity index (χ0) is 18.8. The standard InChI is InChI=1S/C18H23N3O3S2/c1-26(23,24)21-17-11-6-5-8-15(17)14-20-18(22)19-12-7-13-25-16-9-3-2-4-10-16/h2-6,8-11,21H,7,12-14H2,1H3,(H2,19,20,22). The molecule has 0 aliphatic heterocycles. The second kappa shape index (κ2) is 10.1. The molecule has 2 aromatic carbocycles. The lowest BCUT2D eigenvalue weighted by molar-refractivity contribution is 0.240. The molecule has 140 valence electrons. The molecule has 0 bridgehead atoms. The lowest BCUT2D eigenvalue weighted by Gasteiger charge is -2.12. The number of rotatable bonds is 9. The molecule has 0 fully saturated rings. The van der Waals surface area contributed by atoms with Crippen LogP contribution in [-0.2, 0) is 16.6 Å². The summed E-state index contributed by atoms with van der Waals surface area (Å²) in [7, 11) is -3.36. The summed E-state index contributed by atoms with van der Waals surface area (Å²) in [5.41, 5.74) is 1.17. The molecule has 0 saturated carbocycles. The molecule has 8 heteroatoms. The molecule has 6 nitrogen and oxygen atoms in total. The van der Waals surface area contributed by atoms with Gasteiger partial charge in [-0.05, 0) is 35.9 Å². The molecule has 0 spiro atoms. The van der Waals surface area contributed by atoms with Crippen molar-refractivity contribution in [1.29, 1.82) is 0 Å². The highest BCUT2D eigenvalue weighted by molar-refractivity contribution is 7.99. The smallest absolute Gasteiger partial charge is 0.315 e. The van der Waals surface area contributed by atoms with Gasteiger partial charge < -0.3 is 10.6 Å². The summed E-state index contributed by atoms with van der Waals surface area (Å²) in [4.78, 5) is 13.1. The fourth-order valence-electron chi connectivity index (χ4n) is 2.19. The van der Waals surface area contributed by atoms with Gasteiger partial charge in [0.05, 0.1) is 11.9 Å². The van der Waals surface area contributed by atoms with Gasteiger partial charge in [0, 0.05) is 18.0 Å². The number of amides is 2. The van der Waals surface area contributed by atoms with Crippen LogP contribution in [0.4, 0.5) is 10.5 Å². The molecular formula is C18H23N3O3S2. The first-order valence-electron chi connectivity index (χ1n) is 8.19. The number of para-hydroxylation sites is 1. The summed E-state index contributed by atoms with van der Waals surface area (Å²) in [5.74, 6) is 0.922. The number of thioether (sulfide) groups is 1. The molecule has 3 N–H and O–H groups in total. The van der Waals surface area contributed by atoms with Crippen LogP contribution >= 0.6 is 11.8 Å². The molecule has 2 rings (SSSR count). The van der Waals surface area contributed by atoms with Gasteiger partial charge in [0.15, 0.2) is 0 Å². The molecule has 2 amide bonds. The van der Waals surface area contributed by atoms with Gasteiger partial charge in [-0.25, -0.2) is 13.2 Å². The van der Waals surface area contributed by atoms with Gasteiger partial charge in [0.1, 0.15) is 0 Å². The van der Waals surface area contributed by atoms with Crippen LogP contribution in [0, 0.1) is 0 Å². The number of sulfonamides is 1. The highest BCUT2D eigenvalue weighted by Gasteiger charge is 2.08. The Hall–Kier alpha value is -2.19. The zero-order valence-electron chi connectivity index (χ0n) is 14.6. The van der Waals surface area contributed by atoms with Crippen molar-refractivity contribution < 1.29 is 13.2 Å². The lowest BCUT2D eigenvalue weighted by Crippen LogP contribution is -2.35. The Morgan fingerprint density at radius 2 is 1.69 bits per heavy atom. The average Bonchev–Trinajstić information content (AvgIpc) is 2.60. The number of hydrogen-bond donors (Lipinski definition) is 3. The Morgan fingerprint density at radius 3 is 2.42 bits per heavy atom. The van der Waals surface area contributed by atoms with E-state index in [0.29, 0.717) is 17.8 Å². The van der Waals surface area contributed by atoms with Crippen LogP contribution < -0.4 is 15.4 Å². The van der Waals surface area contributed by atoms with Crippen molar-refractivity contribution in [3.63, 3.8) is 0 Å². The molecule has 0 aliphatic rings. The van der Waals surface area contributed by atoms with Gasteiger partial charge in [-0.15, -0.1) is 11.8 Å². The van der Waals surface area contributed by atoms with Crippen molar-refractivity contribution in [3.8, 4) is 0 Å². The molecule has 0 aromatic heterocycles. The van der Waals surface area contributed by atoms with E-state index in [9.17, 15) is 13.2 Å². The fourth-order valence-corrected chi connectivity index (χ4v) is 3.67. The van der Waals surface area contributed by atoms with Gasteiger partial charge in [-0.1, -0.05) is 36.4 Å². The Labute approximate surface area is 158 Å². The Balaban J connectivity index is 1.69. The zero-order valence-corrected chi connectivity index (χ0v) is 16.2. The minimum absolute atomic E-state index is 0.239. The van der Waals surface area contributed by atoms with Crippen LogP contribution in [0.25, 0.3) is 0 Å². The number of carbonyl (C=O) groups excluding carboxylic acids is 1. The molecule has 0 radical (unpaired) electrons. The first-order chi connectivity index (χ1) is 12.4. The molecule has 0 aliphatic carbocycles. The van der Waals surface area contributed by atoms with E-state index in [1.54, 1.807) is 36.0 Å². The Bertz CT molecular complexity index is 811. The average molecular weight is 394 g/mol. The third-order valence-corrected chi connectivity index (χ3v) is 5.06. The van der Waals surface area contributed by atoms with Crippen LogP contribution in [0.5, 0.6) is 0 Å². The summed E-state index contributed by atoms with van der Waals surface area (Å²) in [5, 5.41) is 5.55. The number of hydrogen-bond acceptors (Lipinski definition) is 4. The van der Waals surface area contributed by atoms with E-state index in [0.717, 1.165) is 18.4 Å². The Morgan fingerprint density at radius 1 is 1.00 bits per heavy atom. The summed E-state index contributed by atoms with van der Waals surface area (Å²) >= 11 is 1.75. The van der Waals surface area contributed by atoms with Crippen molar-refractivity contribution >= 4 is 33.5 Å².